The van der Waals surface area contributed by atoms with Gasteiger partial charge in [-0.25, -0.2) is 8.91 Å². The summed E-state index contributed by atoms with van der Waals surface area (Å²) in [5.41, 5.74) is 2.33. The summed E-state index contributed by atoms with van der Waals surface area (Å²) in [5.74, 6) is -0.703. The Balaban J connectivity index is 0.000000983. The zero-order valence-corrected chi connectivity index (χ0v) is 21.3. The van der Waals surface area contributed by atoms with Gasteiger partial charge < -0.3 is 20.3 Å². The number of aryl methyl sites for hydroxylation is 1. The number of carbonyl (C=O) groups excluding carboxylic acids is 1. The molecule has 0 aliphatic carbocycles. The molecule has 2 aromatic heterocycles. The Labute approximate surface area is 222 Å². The van der Waals surface area contributed by atoms with Crippen LogP contribution in [0, 0.1) is 12.7 Å². The molecule has 0 unspecified atom stereocenters. The Morgan fingerprint density at radius 1 is 1.10 bits per heavy atom. The van der Waals surface area contributed by atoms with Crippen LogP contribution in [0.3, 0.4) is 0 Å². The van der Waals surface area contributed by atoms with E-state index in [2.05, 4.69) is 20.3 Å². The van der Waals surface area contributed by atoms with Crippen LogP contribution >= 0.6 is 0 Å². The Hall–Kier alpha value is -4.83. The molecule has 0 atom stereocenters. The molecule has 1 aliphatic rings. The van der Waals surface area contributed by atoms with E-state index in [9.17, 15) is 14.0 Å². The first kappa shape index (κ1) is 25.8. The van der Waals surface area contributed by atoms with Gasteiger partial charge >= 0.3 is 0 Å². The molecule has 1 fully saturated rings. The number of H-pyrrole nitrogens is 1. The molecule has 0 radical (unpaired) electrons. The first-order chi connectivity index (χ1) is 18.7. The van der Waals surface area contributed by atoms with E-state index in [0.717, 1.165) is 21.9 Å². The monoisotopic (exact) mass is 527 g/mol. The molecule has 1 saturated heterocycles. The summed E-state index contributed by atoms with van der Waals surface area (Å²) >= 11 is 0. The molecule has 10 heteroatoms. The van der Waals surface area contributed by atoms with Crippen molar-refractivity contribution in [3.63, 3.8) is 0 Å². The smallest absolute Gasteiger partial charge is 0.290 e. The molecule has 1 amide bonds. The number of carboxylic acid groups (broad SMARTS) is 1. The minimum absolute atomic E-state index is 0.187. The maximum absolute atomic E-state index is 13.5. The topological polar surface area (TPSA) is 120 Å². The number of fused-ring (bicyclic) bond motifs is 2. The number of aromatic amines is 1. The van der Waals surface area contributed by atoms with Crippen molar-refractivity contribution >= 4 is 28.7 Å². The SMILES string of the molecule is Cc1c(C(=O)NC2(c3ccc(F)cc3)CN(C)C2)nn2cc(-c3ccc4ccccc4c3)[nH]c(=O)c12.O=CO. The van der Waals surface area contributed by atoms with Crippen LogP contribution < -0.4 is 10.9 Å². The van der Waals surface area contributed by atoms with Crippen LogP contribution in [-0.4, -0.2) is 57.1 Å². The van der Waals surface area contributed by atoms with Crippen molar-refractivity contribution in [3.8, 4) is 11.3 Å². The van der Waals surface area contributed by atoms with E-state index in [1.807, 2.05) is 49.5 Å². The number of carbonyl (C=O) groups is 2. The Kier molecular flexibility index (Phi) is 6.71. The van der Waals surface area contributed by atoms with E-state index in [4.69, 9.17) is 9.90 Å². The molecule has 3 heterocycles. The highest BCUT2D eigenvalue weighted by Crippen LogP contribution is 2.32. The average molecular weight is 528 g/mol. The number of hydrogen-bond acceptors (Lipinski definition) is 5. The third-order valence-electron chi connectivity index (χ3n) is 6.97. The minimum Gasteiger partial charge on any atom is -0.483 e. The molecule has 198 valence electrons. The number of amides is 1. The average Bonchev–Trinajstić information content (AvgIpc) is 3.25. The lowest BCUT2D eigenvalue weighted by atomic mass is 9.82. The lowest BCUT2D eigenvalue weighted by Gasteiger charge is -2.49. The van der Waals surface area contributed by atoms with Gasteiger partial charge in [-0.1, -0.05) is 48.5 Å². The molecule has 6 rings (SSSR count). The number of hydrogen-bond donors (Lipinski definition) is 3. The van der Waals surface area contributed by atoms with Crippen LogP contribution in [0.5, 0.6) is 0 Å². The molecule has 3 N–H and O–H groups in total. The maximum atomic E-state index is 13.5. The van der Waals surface area contributed by atoms with Crippen molar-refractivity contribution in [2.75, 3.05) is 20.1 Å². The second-order valence-electron chi connectivity index (χ2n) is 9.65. The molecule has 9 nitrogen and oxygen atoms in total. The molecular weight excluding hydrogens is 501 g/mol. The van der Waals surface area contributed by atoms with Crippen molar-refractivity contribution < 1.29 is 19.1 Å². The van der Waals surface area contributed by atoms with Crippen molar-refractivity contribution in [2.45, 2.75) is 12.5 Å². The lowest BCUT2D eigenvalue weighted by molar-refractivity contribution is -0.122. The molecule has 0 spiro atoms. The number of likely N-dealkylation sites (tertiary alicyclic amines) is 1. The number of rotatable bonds is 4. The van der Waals surface area contributed by atoms with Gasteiger partial charge in [0.1, 0.15) is 11.3 Å². The standard InChI is InChI=1S/C28H24FN5O2.CH2O2/c1-17-24(26(35)31-28(15-33(2)16-28)21-9-11-22(29)12-10-21)32-34-14-23(30-27(36)25(17)34)20-8-7-18-5-3-4-6-19(18)13-20;2-1-3/h3-14H,15-16H2,1-2H3,(H,30,36)(H,31,35);1H,(H,2,3). The number of likely N-dealkylation sites (N-methyl/N-ethyl adjacent to an activating group) is 1. The van der Waals surface area contributed by atoms with Gasteiger partial charge in [0.2, 0.25) is 0 Å². The van der Waals surface area contributed by atoms with Gasteiger partial charge in [-0.15, -0.1) is 0 Å². The van der Waals surface area contributed by atoms with Gasteiger partial charge in [-0.3, -0.25) is 14.4 Å². The summed E-state index contributed by atoms with van der Waals surface area (Å²) in [6, 6.07) is 20.1. The van der Waals surface area contributed by atoms with E-state index >= 15 is 0 Å². The third kappa shape index (κ3) is 4.77. The highest BCUT2D eigenvalue weighted by atomic mass is 19.1. The summed E-state index contributed by atoms with van der Waals surface area (Å²) in [4.78, 5) is 39.8. The van der Waals surface area contributed by atoms with Crippen LogP contribution in [0.25, 0.3) is 27.5 Å². The molecule has 39 heavy (non-hydrogen) atoms. The van der Waals surface area contributed by atoms with Gasteiger partial charge in [0, 0.05) is 24.2 Å². The number of aromatic nitrogens is 3. The fourth-order valence-corrected chi connectivity index (χ4v) is 5.19. The molecule has 5 aromatic rings. The lowest BCUT2D eigenvalue weighted by Crippen LogP contribution is -2.66. The van der Waals surface area contributed by atoms with Gasteiger partial charge in [0.15, 0.2) is 5.69 Å². The van der Waals surface area contributed by atoms with E-state index in [-0.39, 0.29) is 29.4 Å². The Bertz CT molecular complexity index is 1750. The van der Waals surface area contributed by atoms with Crippen LogP contribution in [-0.2, 0) is 10.3 Å². The van der Waals surface area contributed by atoms with Crippen molar-refractivity contribution in [3.05, 3.63) is 106 Å². The predicted octanol–water partition coefficient (Wildman–Crippen LogP) is 3.56. The third-order valence-corrected chi connectivity index (χ3v) is 6.97. The van der Waals surface area contributed by atoms with E-state index in [1.165, 1.54) is 16.6 Å². The highest BCUT2D eigenvalue weighted by molar-refractivity contribution is 5.96. The highest BCUT2D eigenvalue weighted by Gasteiger charge is 2.44. The Morgan fingerprint density at radius 2 is 1.77 bits per heavy atom. The summed E-state index contributed by atoms with van der Waals surface area (Å²) in [6.45, 7) is 2.65. The first-order valence-electron chi connectivity index (χ1n) is 12.2. The minimum atomic E-state index is -0.648. The number of halogens is 1. The van der Waals surface area contributed by atoms with Gasteiger partial charge in [-0.05, 0) is 48.5 Å². The zero-order chi connectivity index (χ0) is 27.7. The molecule has 3 aromatic carbocycles. The number of nitrogens with zero attached hydrogens (tertiary/aromatic N) is 3. The fourth-order valence-electron chi connectivity index (χ4n) is 5.19. The second-order valence-corrected chi connectivity index (χ2v) is 9.65. The van der Waals surface area contributed by atoms with Crippen molar-refractivity contribution in [2.24, 2.45) is 0 Å². The number of nitrogens with one attached hydrogen (secondary N) is 2. The fraction of sp³-hybridized carbons (Fsp3) is 0.172. The predicted molar refractivity (Wildman–Crippen MR) is 145 cm³/mol. The maximum Gasteiger partial charge on any atom is 0.290 e. The second kappa shape index (κ2) is 10.1. The van der Waals surface area contributed by atoms with Crippen LogP contribution in [0.1, 0.15) is 21.6 Å². The first-order valence-corrected chi connectivity index (χ1v) is 12.2. The Morgan fingerprint density at radius 3 is 2.44 bits per heavy atom. The number of benzene rings is 3. The van der Waals surface area contributed by atoms with E-state index < -0.39 is 5.54 Å². The quantitative estimate of drug-likeness (QED) is 0.308. The largest absolute Gasteiger partial charge is 0.483 e. The summed E-state index contributed by atoms with van der Waals surface area (Å²) < 4.78 is 15.0. The molecular formula is C29H26FN5O4. The summed E-state index contributed by atoms with van der Waals surface area (Å²) in [6.07, 6.45) is 1.73. The van der Waals surface area contributed by atoms with Crippen LogP contribution in [0.15, 0.2) is 77.7 Å². The summed E-state index contributed by atoms with van der Waals surface area (Å²) in [7, 11) is 1.96. The van der Waals surface area contributed by atoms with Crippen LogP contribution in [0.2, 0.25) is 0 Å². The molecule has 1 aliphatic heterocycles. The van der Waals surface area contributed by atoms with Crippen molar-refractivity contribution in [1.82, 2.24) is 24.8 Å². The van der Waals surface area contributed by atoms with E-state index in [0.29, 0.717) is 29.9 Å². The van der Waals surface area contributed by atoms with Gasteiger partial charge in [-0.2, -0.15) is 5.10 Å². The summed E-state index contributed by atoms with van der Waals surface area (Å²) in [5, 5.41) is 16.7. The van der Waals surface area contributed by atoms with E-state index in [1.54, 1.807) is 25.3 Å². The van der Waals surface area contributed by atoms with Gasteiger partial charge in [0.25, 0.3) is 17.9 Å². The molecule has 0 saturated carbocycles. The normalized spacial score (nSPS) is 14.3. The molecule has 0 bridgehead atoms. The van der Waals surface area contributed by atoms with Crippen LogP contribution in [0.4, 0.5) is 4.39 Å². The van der Waals surface area contributed by atoms with Gasteiger partial charge in [0.05, 0.1) is 17.4 Å². The zero-order valence-electron chi connectivity index (χ0n) is 21.3. The van der Waals surface area contributed by atoms with Crippen molar-refractivity contribution in [1.29, 1.82) is 0 Å².